The third kappa shape index (κ3) is 3.93. The smallest absolute Gasteiger partial charge is 0.219 e. The molecule has 106 valence electrons. The van der Waals surface area contributed by atoms with Crippen LogP contribution in [0.3, 0.4) is 0 Å². The topological polar surface area (TPSA) is 77.9 Å². The Kier molecular flexibility index (Phi) is 4.74. The van der Waals surface area contributed by atoms with Gasteiger partial charge >= 0.3 is 0 Å². The van der Waals surface area contributed by atoms with Crippen molar-refractivity contribution in [3.8, 4) is 0 Å². The second-order valence-electron chi connectivity index (χ2n) is 5.48. The lowest BCUT2D eigenvalue weighted by Gasteiger charge is -2.35. The molecule has 1 aliphatic heterocycles. The second-order valence-corrected chi connectivity index (χ2v) is 7.45. The summed E-state index contributed by atoms with van der Waals surface area (Å²) in [5.41, 5.74) is -0.642. The van der Waals surface area contributed by atoms with Crippen molar-refractivity contribution in [3.63, 3.8) is 0 Å². The predicted molar refractivity (Wildman–Crippen MR) is 68.5 cm³/mol. The van der Waals surface area contributed by atoms with Crippen LogP contribution in [0.15, 0.2) is 0 Å². The Bertz CT molecular complexity index is 397. The molecule has 0 atom stereocenters. The van der Waals surface area contributed by atoms with E-state index in [-0.39, 0.29) is 18.3 Å². The van der Waals surface area contributed by atoms with Crippen molar-refractivity contribution >= 4 is 15.9 Å². The van der Waals surface area contributed by atoms with Crippen LogP contribution in [0.5, 0.6) is 0 Å². The van der Waals surface area contributed by atoms with Crippen molar-refractivity contribution in [2.24, 2.45) is 5.41 Å². The van der Waals surface area contributed by atoms with Crippen molar-refractivity contribution in [3.05, 3.63) is 0 Å². The summed E-state index contributed by atoms with van der Waals surface area (Å²) in [4.78, 5) is 12.8. The van der Waals surface area contributed by atoms with Crippen molar-refractivity contribution in [2.45, 2.75) is 20.8 Å². The van der Waals surface area contributed by atoms with E-state index in [1.54, 1.807) is 18.7 Å². The summed E-state index contributed by atoms with van der Waals surface area (Å²) in [6.07, 6.45) is 0. The van der Waals surface area contributed by atoms with E-state index in [1.165, 1.54) is 11.2 Å². The van der Waals surface area contributed by atoms with Crippen LogP contribution in [-0.2, 0) is 14.8 Å². The molecule has 0 aromatic heterocycles. The quantitative estimate of drug-likeness (QED) is 0.752. The standard InChI is InChI=1S/C11H22N2O4S/c1-10(15)12-4-6-13(7-5-12)18(16,17)9-11(2,3)8-14/h14H,4-9H2,1-3H3. The number of aliphatic hydroxyl groups excluding tert-OH is 1. The maximum absolute atomic E-state index is 12.1. The molecule has 0 aromatic rings. The Morgan fingerprint density at radius 2 is 1.72 bits per heavy atom. The van der Waals surface area contributed by atoms with E-state index in [4.69, 9.17) is 5.11 Å². The van der Waals surface area contributed by atoms with Gasteiger partial charge in [0.25, 0.3) is 0 Å². The fourth-order valence-electron chi connectivity index (χ4n) is 1.91. The number of hydrogen-bond donors (Lipinski definition) is 1. The van der Waals surface area contributed by atoms with Gasteiger partial charge in [-0.05, 0) is 0 Å². The predicted octanol–water partition coefficient (Wildman–Crippen LogP) is -0.501. The molecule has 1 amide bonds. The zero-order chi connectivity index (χ0) is 14.0. The summed E-state index contributed by atoms with van der Waals surface area (Å²) < 4.78 is 25.7. The number of rotatable bonds is 4. The summed E-state index contributed by atoms with van der Waals surface area (Å²) in [6, 6.07) is 0. The van der Waals surface area contributed by atoms with Crippen molar-refractivity contribution in [1.29, 1.82) is 0 Å². The monoisotopic (exact) mass is 278 g/mol. The molecule has 0 aromatic carbocycles. The van der Waals surface area contributed by atoms with Crippen LogP contribution in [0.25, 0.3) is 0 Å². The van der Waals surface area contributed by atoms with Gasteiger partial charge in [-0.3, -0.25) is 4.79 Å². The molecule has 0 bridgehead atoms. The molecule has 0 aliphatic carbocycles. The number of carbonyl (C=O) groups excluding carboxylic acids is 1. The lowest BCUT2D eigenvalue weighted by Crippen LogP contribution is -2.51. The van der Waals surface area contributed by atoms with Crippen LogP contribution in [0.2, 0.25) is 0 Å². The van der Waals surface area contributed by atoms with E-state index in [0.717, 1.165) is 0 Å². The van der Waals surface area contributed by atoms with Gasteiger partial charge in [0.15, 0.2) is 0 Å². The molecule has 0 spiro atoms. The summed E-state index contributed by atoms with van der Waals surface area (Å²) in [7, 11) is -3.37. The summed E-state index contributed by atoms with van der Waals surface area (Å²) in [5, 5.41) is 9.13. The van der Waals surface area contributed by atoms with E-state index in [9.17, 15) is 13.2 Å². The van der Waals surface area contributed by atoms with Crippen LogP contribution >= 0.6 is 0 Å². The Hall–Kier alpha value is -0.660. The van der Waals surface area contributed by atoms with Gasteiger partial charge < -0.3 is 10.0 Å². The zero-order valence-electron chi connectivity index (χ0n) is 11.2. The average molecular weight is 278 g/mol. The average Bonchev–Trinajstić information content (AvgIpc) is 2.28. The molecule has 1 N–H and O–H groups in total. The third-order valence-electron chi connectivity index (χ3n) is 3.08. The minimum atomic E-state index is -3.37. The second kappa shape index (κ2) is 5.54. The number of amides is 1. The number of hydrogen-bond acceptors (Lipinski definition) is 4. The van der Waals surface area contributed by atoms with E-state index < -0.39 is 15.4 Å². The summed E-state index contributed by atoms with van der Waals surface area (Å²) in [6.45, 7) is 6.31. The Morgan fingerprint density at radius 1 is 1.22 bits per heavy atom. The molecular weight excluding hydrogens is 256 g/mol. The van der Waals surface area contributed by atoms with E-state index in [1.807, 2.05) is 0 Å². The molecule has 7 heteroatoms. The van der Waals surface area contributed by atoms with Gasteiger partial charge in [0, 0.05) is 45.1 Å². The van der Waals surface area contributed by atoms with Gasteiger partial charge in [-0.15, -0.1) is 0 Å². The first-order valence-corrected chi connectivity index (χ1v) is 7.63. The van der Waals surface area contributed by atoms with Gasteiger partial charge in [0.05, 0.1) is 5.75 Å². The number of piperazine rings is 1. The number of nitrogens with zero attached hydrogens (tertiary/aromatic N) is 2. The van der Waals surface area contributed by atoms with E-state index in [0.29, 0.717) is 26.2 Å². The fraction of sp³-hybridized carbons (Fsp3) is 0.909. The molecule has 1 heterocycles. The van der Waals surface area contributed by atoms with Crippen LogP contribution in [-0.4, -0.2) is 67.2 Å². The largest absolute Gasteiger partial charge is 0.396 e. The first-order valence-electron chi connectivity index (χ1n) is 6.02. The van der Waals surface area contributed by atoms with E-state index in [2.05, 4.69) is 0 Å². The SMILES string of the molecule is CC(=O)N1CCN(S(=O)(=O)CC(C)(C)CO)CC1. The highest BCUT2D eigenvalue weighted by molar-refractivity contribution is 7.89. The summed E-state index contributed by atoms with van der Waals surface area (Å²) >= 11 is 0. The number of aliphatic hydroxyl groups is 1. The molecule has 18 heavy (non-hydrogen) atoms. The Balaban J connectivity index is 2.64. The van der Waals surface area contributed by atoms with Crippen LogP contribution in [0.4, 0.5) is 0 Å². The highest BCUT2D eigenvalue weighted by Gasteiger charge is 2.32. The number of sulfonamides is 1. The Labute approximate surface area is 109 Å². The lowest BCUT2D eigenvalue weighted by molar-refractivity contribution is -0.129. The molecule has 6 nitrogen and oxygen atoms in total. The maximum atomic E-state index is 12.1. The fourth-order valence-corrected chi connectivity index (χ4v) is 3.89. The molecule has 0 saturated carbocycles. The van der Waals surface area contributed by atoms with Crippen LogP contribution in [0.1, 0.15) is 20.8 Å². The highest BCUT2D eigenvalue weighted by Crippen LogP contribution is 2.20. The first kappa shape index (κ1) is 15.4. The van der Waals surface area contributed by atoms with Crippen molar-refractivity contribution in [2.75, 3.05) is 38.5 Å². The van der Waals surface area contributed by atoms with E-state index >= 15 is 0 Å². The molecule has 0 radical (unpaired) electrons. The van der Waals surface area contributed by atoms with Crippen molar-refractivity contribution < 1.29 is 18.3 Å². The zero-order valence-corrected chi connectivity index (χ0v) is 12.0. The Morgan fingerprint density at radius 3 is 2.11 bits per heavy atom. The molecule has 1 rings (SSSR count). The van der Waals surface area contributed by atoms with Gasteiger partial charge in [-0.2, -0.15) is 4.31 Å². The third-order valence-corrected chi connectivity index (χ3v) is 5.38. The minimum Gasteiger partial charge on any atom is -0.396 e. The first-order chi connectivity index (χ1) is 8.18. The summed E-state index contributed by atoms with van der Waals surface area (Å²) in [5.74, 6) is -0.0981. The van der Waals surface area contributed by atoms with Crippen LogP contribution < -0.4 is 0 Å². The molecule has 1 saturated heterocycles. The van der Waals surface area contributed by atoms with Crippen LogP contribution in [0, 0.1) is 5.41 Å². The maximum Gasteiger partial charge on any atom is 0.219 e. The van der Waals surface area contributed by atoms with Gasteiger partial charge in [0.2, 0.25) is 15.9 Å². The number of carbonyl (C=O) groups is 1. The molecular formula is C11H22N2O4S. The van der Waals surface area contributed by atoms with Gasteiger partial charge in [-0.1, -0.05) is 13.8 Å². The minimum absolute atomic E-state index is 0.0252. The molecule has 1 aliphatic rings. The van der Waals surface area contributed by atoms with Gasteiger partial charge in [0.1, 0.15) is 0 Å². The van der Waals surface area contributed by atoms with Gasteiger partial charge in [-0.25, -0.2) is 8.42 Å². The highest BCUT2D eigenvalue weighted by atomic mass is 32.2. The van der Waals surface area contributed by atoms with Crippen molar-refractivity contribution in [1.82, 2.24) is 9.21 Å². The molecule has 0 unspecified atom stereocenters. The normalized spacial score (nSPS) is 19.0. The molecule has 1 fully saturated rings. The lowest BCUT2D eigenvalue weighted by atomic mass is 9.98.